The van der Waals surface area contributed by atoms with Gasteiger partial charge in [-0.2, -0.15) is 0 Å². The topological polar surface area (TPSA) is 21.3 Å². The molecular formula is C15H22FNO. The fourth-order valence-electron chi connectivity index (χ4n) is 2.49. The predicted molar refractivity (Wildman–Crippen MR) is 71.5 cm³/mol. The highest BCUT2D eigenvalue weighted by Gasteiger charge is 2.28. The number of ether oxygens (including phenoxy) is 1. The maximum atomic E-state index is 13.2. The number of halogens is 1. The Morgan fingerprint density at radius 2 is 2.22 bits per heavy atom. The lowest BCUT2D eigenvalue weighted by Crippen LogP contribution is -2.39. The van der Waals surface area contributed by atoms with Gasteiger partial charge in [-0.3, -0.25) is 0 Å². The van der Waals surface area contributed by atoms with E-state index in [-0.39, 0.29) is 11.9 Å². The standard InChI is InChI=1S/C15H22FNO/c1-3-9-17-13-5-4-6-14(13)18-15-10-12(16)8-7-11(15)2/h7-8,10,13-14,17H,3-6,9H2,1-2H3. The van der Waals surface area contributed by atoms with Gasteiger partial charge in [0.15, 0.2) is 0 Å². The van der Waals surface area contributed by atoms with E-state index in [1.54, 1.807) is 6.07 Å². The molecule has 2 rings (SSSR count). The lowest BCUT2D eigenvalue weighted by molar-refractivity contribution is 0.173. The molecule has 1 aliphatic carbocycles. The Balaban J connectivity index is 2.01. The van der Waals surface area contributed by atoms with E-state index in [0.717, 1.165) is 31.4 Å². The first-order valence-corrected chi connectivity index (χ1v) is 6.87. The number of aryl methyl sites for hydroxylation is 1. The molecule has 2 atom stereocenters. The molecule has 1 fully saturated rings. The van der Waals surface area contributed by atoms with Crippen molar-refractivity contribution in [2.24, 2.45) is 0 Å². The Hall–Kier alpha value is -1.09. The zero-order chi connectivity index (χ0) is 13.0. The van der Waals surface area contributed by atoms with Crippen molar-refractivity contribution in [2.45, 2.75) is 51.7 Å². The van der Waals surface area contributed by atoms with Gasteiger partial charge in [-0.25, -0.2) is 4.39 Å². The van der Waals surface area contributed by atoms with Crippen LogP contribution in [0.4, 0.5) is 4.39 Å². The normalized spacial score (nSPS) is 23.3. The highest BCUT2D eigenvalue weighted by atomic mass is 19.1. The van der Waals surface area contributed by atoms with Crippen LogP contribution in [0.1, 0.15) is 38.2 Å². The van der Waals surface area contributed by atoms with Gasteiger partial charge in [0.25, 0.3) is 0 Å². The molecule has 0 bridgehead atoms. The van der Waals surface area contributed by atoms with Crippen molar-refractivity contribution >= 4 is 0 Å². The van der Waals surface area contributed by atoms with Crippen molar-refractivity contribution in [2.75, 3.05) is 6.54 Å². The molecule has 1 aromatic carbocycles. The zero-order valence-corrected chi connectivity index (χ0v) is 11.2. The second kappa shape index (κ2) is 6.19. The Bertz CT molecular complexity index is 394. The molecule has 0 spiro atoms. The van der Waals surface area contributed by atoms with Gasteiger partial charge in [0.05, 0.1) is 0 Å². The van der Waals surface area contributed by atoms with Crippen LogP contribution >= 0.6 is 0 Å². The van der Waals surface area contributed by atoms with Crippen LogP contribution in [0.2, 0.25) is 0 Å². The minimum Gasteiger partial charge on any atom is -0.488 e. The lowest BCUT2D eigenvalue weighted by atomic mass is 10.2. The quantitative estimate of drug-likeness (QED) is 0.865. The van der Waals surface area contributed by atoms with Crippen molar-refractivity contribution in [3.8, 4) is 5.75 Å². The lowest BCUT2D eigenvalue weighted by Gasteiger charge is -2.23. The predicted octanol–water partition coefficient (Wildman–Crippen LogP) is 3.43. The summed E-state index contributed by atoms with van der Waals surface area (Å²) in [6, 6.07) is 5.15. The van der Waals surface area contributed by atoms with E-state index in [1.807, 2.05) is 6.92 Å². The van der Waals surface area contributed by atoms with E-state index < -0.39 is 0 Å². The van der Waals surface area contributed by atoms with E-state index in [0.29, 0.717) is 11.8 Å². The molecule has 1 saturated carbocycles. The summed E-state index contributed by atoms with van der Waals surface area (Å²) in [5, 5.41) is 3.52. The van der Waals surface area contributed by atoms with Gasteiger partial charge in [-0.15, -0.1) is 0 Å². The largest absolute Gasteiger partial charge is 0.488 e. The second-order valence-corrected chi connectivity index (χ2v) is 5.06. The molecular weight excluding hydrogens is 229 g/mol. The van der Waals surface area contributed by atoms with Gasteiger partial charge >= 0.3 is 0 Å². The van der Waals surface area contributed by atoms with Gasteiger partial charge in [0, 0.05) is 12.1 Å². The van der Waals surface area contributed by atoms with Crippen molar-refractivity contribution < 1.29 is 9.13 Å². The third kappa shape index (κ3) is 3.22. The molecule has 2 unspecified atom stereocenters. The minimum absolute atomic E-state index is 0.178. The SMILES string of the molecule is CCCNC1CCCC1Oc1cc(F)ccc1C. The average Bonchev–Trinajstić information content (AvgIpc) is 2.79. The Kier molecular flexibility index (Phi) is 4.59. The highest BCUT2D eigenvalue weighted by Crippen LogP contribution is 2.27. The molecule has 0 aromatic heterocycles. The molecule has 18 heavy (non-hydrogen) atoms. The molecule has 0 saturated heterocycles. The smallest absolute Gasteiger partial charge is 0.126 e. The van der Waals surface area contributed by atoms with E-state index >= 15 is 0 Å². The van der Waals surface area contributed by atoms with Crippen molar-refractivity contribution in [1.82, 2.24) is 5.32 Å². The molecule has 1 aliphatic rings. The van der Waals surface area contributed by atoms with Crippen molar-refractivity contribution in [1.29, 1.82) is 0 Å². The summed E-state index contributed by atoms with van der Waals surface area (Å²) in [5.41, 5.74) is 0.998. The van der Waals surface area contributed by atoms with Crippen molar-refractivity contribution in [3.05, 3.63) is 29.6 Å². The summed E-state index contributed by atoms with van der Waals surface area (Å²) in [6.45, 7) is 5.14. The van der Waals surface area contributed by atoms with Crippen LogP contribution in [-0.4, -0.2) is 18.7 Å². The summed E-state index contributed by atoms with van der Waals surface area (Å²) in [5.74, 6) is 0.455. The Morgan fingerprint density at radius 1 is 1.39 bits per heavy atom. The number of hydrogen-bond donors (Lipinski definition) is 1. The average molecular weight is 251 g/mol. The molecule has 1 aromatic rings. The molecule has 0 heterocycles. The van der Waals surface area contributed by atoms with Gasteiger partial charge in [0.2, 0.25) is 0 Å². The molecule has 1 N–H and O–H groups in total. The number of rotatable bonds is 5. The molecule has 2 nitrogen and oxygen atoms in total. The van der Waals surface area contributed by atoms with Crippen LogP contribution in [0.25, 0.3) is 0 Å². The minimum atomic E-state index is -0.230. The summed E-state index contributed by atoms with van der Waals surface area (Å²) in [4.78, 5) is 0. The number of hydrogen-bond acceptors (Lipinski definition) is 2. The first-order valence-electron chi connectivity index (χ1n) is 6.87. The van der Waals surface area contributed by atoms with E-state index in [2.05, 4.69) is 12.2 Å². The summed E-state index contributed by atoms with van der Waals surface area (Å²) < 4.78 is 19.2. The summed E-state index contributed by atoms with van der Waals surface area (Å²) in [7, 11) is 0. The summed E-state index contributed by atoms with van der Waals surface area (Å²) >= 11 is 0. The van der Waals surface area contributed by atoms with Crippen molar-refractivity contribution in [3.63, 3.8) is 0 Å². The fraction of sp³-hybridized carbons (Fsp3) is 0.600. The van der Waals surface area contributed by atoms with Crippen LogP contribution in [0, 0.1) is 12.7 Å². The first kappa shape index (κ1) is 13.3. The zero-order valence-electron chi connectivity index (χ0n) is 11.2. The van der Waals surface area contributed by atoms with Gasteiger partial charge in [0.1, 0.15) is 17.7 Å². The molecule has 0 amide bonds. The molecule has 0 radical (unpaired) electrons. The third-order valence-electron chi connectivity index (χ3n) is 3.54. The monoisotopic (exact) mass is 251 g/mol. The maximum absolute atomic E-state index is 13.2. The van der Waals surface area contributed by atoms with Gasteiger partial charge < -0.3 is 10.1 Å². The Morgan fingerprint density at radius 3 is 3.00 bits per heavy atom. The first-order chi connectivity index (χ1) is 8.70. The number of nitrogens with one attached hydrogen (secondary N) is 1. The summed E-state index contributed by atoms with van der Waals surface area (Å²) in [6.07, 6.45) is 4.69. The molecule has 3 heteroatoms. The van der Waals surface area contributed by atoms with Crippen LogP contribution in [-0.2, 0) is 0 Å². The van der Waals surface area contributed by atoms with E-state index in [9.17, 15) is 4.39 Å². The highest BCUT2D eigenvalue weighted by molar-refractivity contribution is 5.33. The maximum Gasteiger partial charge on any atom is 0.126 e. The molecule has 0 aliphatic heterocycles. The number of benzene rings is 1. The van der Waals surface area contributed by atoms with Crippen LogP contribution in [0.15, 0.2) is 18.2 Å². The van der Waals surface area contributed by atoms with E-state index in [4.69, 9.17) is 4.74 Å². The fourth-order valence-corrected chi connectivity index (χ4v) is 2.49. The van der Waals surface area contributed by atoms with Crippen LogP contribution < -0.4 is 10.1 Å². The second-order valence-electron chi connectivity index (χ2n) is 5.06. The van der Waals surface area contributed by atoms with Gasteiger partial charge in [-0.05, 0) is 50.8 Å². The Labute approximate surface area is 109 Å². The van der Waals surface area contributed by atoms with Gasteiger partial charge in [-0.1, -0.05) is 13.0 Å². The van der Waals surface area contributed by atoms with E-state index in [1.165, 1.54) is 18.6 Å². The van der Waals surface area contributed by atoms with Crippen LogP contribution in [0.5, 0.6) is 5.75 Å². The van der Waals surface area contributed by atoms with Crippen LogP contribution in [0.3, 0.4) is 0 Å². The molecule has 100 valence electrons. The third-order valence-corrected chi connectivity index (χ3v) is 3.54.